The second kappa shape index (κ2) is 6.36. The Labute approximate surface area is 125 Å². The fourth-order valence-electron chi connectivity index (χ4n) is 1.73. The summed E-state index contributed by atoms with van der Waals surface area (Å²) in [7, 11) is 1.87. The molecular formula is C14H15N3O3S. The van der Waals surface area contributed by atoms with Crippen molar-refractivity contribution in [3.05, 3.63) is 45.9 Å². The van der Waals surface area contributed by atoms with Crippen molar-refractivity contribution in [2.75, 3.05) is 0 Å². The van der Waals surface area contributed by atoms with Crippen molar-refractivity contribution in [3.63, 3.8) is 0 Å². The van der Waals surface area contributed by atoms with Gasteiger partial charge in [0.25, 0.3) is 0 Å². The zero-order chi connectivity index (χ0) is 15.4. The molecule has 7 heteroatoms. The van der Waals surface area contributed by atoms with Gasteiger partial charge in [-0.2, -0.15) is 5.10 Å². The molecule has 0 saturated carbocycles. The number of hydrogen-bond donors (Lipinski definition) is 2. The molecule has 0 atom stereocenters. The number of rotatable bonds is 5. The zero-order valence-electron chi connectivity index (χ0n) is 11.7. The van der Waals surface area contributed by atoms with Gasteiger partial charge >= 0.3 is 5.97 Å². The van der Waals surface area contributed by atoms with E-state index in [4.69, 9.17) is 5.11 Å². The predicted octanol–water partition coefficient (Wildman–Crippen LogP) is 1.87. The second-order valence-electron chi connectivity index (χ2n) is 4.49. The molecule has 0 spiro atoms. The van der Waals surface area contributed by atoms with Crippen LogP contribution in [0.2, 0.25) is 0 Å². The molecule has 0 aromatic carbocycles. The third kappa shape index (κ3) is 3.79. The molecular weight excluding hydrogens is 290 g/mol. The van der Waals surface area contributed by atoms with E-state index < -0.39 is 5.97 Å². The van der Waals surface area contributed by atoms with E-state index in [0.717, 1.165) is 17.0 Å². The van der Waals surface area contributed by atoms with Gasteiger partial charge in [0.05, 0.1) is 17.0 Å². The molecule has 2 rings (SSSR count). The lowest BCUT2D eigenvalue weighted by atomic mass is 10.3. The first kappa shape index (κ1) is 15.0. The smallest absolute Gasteiger partial charge is 0.345 e. The number of carboxylic acid groups (broad SMARTS) is 1. The summed E-state index contributed by atoms with van der Waals surface area (Å²) < 4.78 is 1.87. The highest BCUT2D eigenvalue weighted by atomic mass is 32.1. The largest absolute Gasteiger partial charge is 0.477 e. The molecule has 2 heterocycles. The van der Waals surface area contributed by atoms with E-state index in [2.05, 4.69) is 10.5 Å². The third-order valence-electron chi connectivity index (χ3n) is 2.91. The van der Waals surface area contributed by atoms with Crippen molar-refractivity contribution >= 4 is 28.9 Å². The summed E-state index contributed by atoms with van der Waals surface area (Å²) in [5, 5.41) is 12.9. The fourth-order valence-corrected chi connectivity index (χ4v) is 2.52. The standard InChI is InChI=1S/C14H15N3O3S/c1-9(11-5-6-12(21-11)14(19)20)15-16-13(18)8-10-4-3-7-17(10)2/h3-7H,8H2,1-2H3,(H,16,18)(H,19,20). The number of carboxylic acids is 1. The molecule has 6 nitrogen and oxygen atoms in total. The molecule has 0 saturated heterocycles. The first-order chi connectivity index (χ1) is 9.97. The lowest BCUT2D eigenvalue weighted by Gasteiger charge is -2.03. The maximum atomic E-state index is 11.8. The summed E-state index contributed by atoms with van der Waals surface area (Å²) in [5.41, 5.74) is 3.95. The number of aromatic nitrogens is 1. The molecule has 0 aliphatic heterocycles. The number of aromatic carboxylic acids is 1. The van der Waals surface area contributed by atoms with E-state index in [-0.39, 0.29) is 17.2 Å². The topological polar surface area (TPSA) is 83.7 Å². The monoisotopic (exact) mass is 305 g/mol. The molecule has 2 N–H and O–H groups in total. The summed E-state index contributed by atoms with van der Waals surface area (Å²) in [6.07, 6.45) is 2.11. The molecule has 21 heavy (non-hydrogen) atoms. The molecule has 0 fully saturated rings. The number of carbonyl (C=O) groups excluding carboxylic acids is 1. The van der Waals surface area contributed by atoms with Crippen LogP contribution in [0.15, 0.2) is 35.6 Å². The summed E-state index contributed by atoms with van der Waals surface area (Å²) in [6, 6.07) is 6.94. The van der Waals surface area contributed by atoms with E-state index in [1.54, 1.807) is 13.0 Å². The maximum absolute atomic E-state index is 11.8. The number of nitrogens with one attached hydrogen (secondary N) is 1. The quantitative estimate of drug-likeness (QED) is 0.653. The number of hydrazone groups is 1. The molecule has 110 valence electrons. The van der Waals surface area contributed by atoms with Crippen LogP contribution in [0, 0.1) is 0 Å². The number of thiophene rings is 1. The van der Waals surface area contributed by atoms with E-state index in [9.17, 15) is 9.59 Å². The Morgan fingerprint density at radius 2 is 2.05 bits per heavy atom. The highest BCUT2D eigenvalue weighted by Gasteiger charge is 2.09. The first-order valence-corrected chi connectivity index (χ1v) is 7.06. The summed E-state index contributed by atoms with van der Waals surface area (Å²) in [5.74, 6) is -1.18. The Morgan fingerprint density at radius 3 is 2.62 bits per heavy atom. The van der Waals surface area contributed by atoms with Crippen LogP contribution < -0.4 is 5.43 Å². The molecule has 0 radical (unpaired) electrons. The van der Waals surface area contributed by atoms with E-state index in [1.807, 2.05) is 29.9 Å². The molecule has 2 aromatic rings. The van der Waals surface area contributed by atoms with Gasteiger partial charge in [-0.15, -0.1) is 11.3 Å². The lowest BCUT2D eigenvalue weighted by Crippen LogP contribution is -2.22. The lowest BCUT2D eigenvalue weighted by molar-refractivity contribution is -0.120. The Kier molecular flexibility index (Phi) is 4.54. The number of amides is 1. The molecule has 1 amide bonds. The van der Waals surface area contributed by atoms with Crippen LogP contribution in [0.25, 0.3) is 0 Å². The van der Waals surface area contributed by atoms with Gasteiger partial charge in [-0.05, 0) is 31.2 Å². The van der Waals surface area contributed by atoms with Gasteiger partial charge in [0.15, 0.2) is 0 Å². The van der Waals surface area contributed by atoms with Gasteiger partial charge in [0.1, 0.15) is 4.88 Å². The Bertz CT molecular complexity index is 700. The van der Waals surface area contributed by atoms with Crippen molar-refractivity contribution in [2.24, 2.45) is 12.1 Å². The highest BCUT2D eigenvalue weighted by molar-refractivity contribution is 7.15. The van der Waals surface area contributed by atoms with Crippen molar-refractivity contribution in [1.29, 1.82) is 0 Å². The van der Waals surface area contributed by atoms with E-state index in [0.29, 0.717) is 10.6 Å². The number of aryl methyl sites for hydroxylation is 1. The van der Waals surface area contributed by atoms with Crippen LogP contribution in [0.3, 0.4) is 0 Å². The molecule has 2 aromatic heterocycles. The van der Waals surface area contributed by atoms with Crippen molar-refractivity contribution < 1.29 is 14.7 Å². The van der Waals surface area contributed by atoms with Crippen LogP contribution in [-0.4, -0.2) is 27.3 Å². The minimum atomic E-state index is -0.966. The van der Waals surface area contributed by atoms with Crippen molar-refractivity contribution in [2.45, 2.75) is 13.3 Å². The number of carbonyl (C=O) groups is 2. The van der Waals surface area contributed by atoms with Gasteiger partial charge < -0.3 is 9.67 Å². The molecule has 0 unspecified atom stereocenters. The van der Waals surface area contributed by atoms with Crippen LogP contribution in [0.1, 0.15) is 27.2 Å². The van der Waals surface area contributed by atoms with Gasteiger partial charge in [-0.25, -0.2) is 10.2 Å². The SMILES string of the molecule is CC(=NNC(=O)Cc1cccn1C)c1ccc(C(=O)O)s1. The average molecular weight is 305 g/mol. The Balaban J connectivity index is 1.97. The van der Waals surface area contributed by atoms with Crippen molar-refractivity contribution in [3.8, 4) is 0 Å². The average Bonchev–Trinajstić information content (AvgIpc) is 3.06. The predicted molar refractivity (Wildman–Crippen MR) is 80.7 cm³/mol. The number of nitrogens with zero attached hydrogens (tertiary/aromatic N) is 2. The molecule has 0 aliphatic carbocycles. The summed E-state index contributed by atoms with van der Waals surface area (Å²) in [6.45, 7) is 1.72. The third-order valence-corrected chi connectivity index (χ3v) is 4.10. The van der Waals surface area contributed by atoms with Gasteiger partial charge in [-0.3, -0.25) is 4.79 Å². The van der Waals surface area contributed by atoms with Crippen LogP contribution in [0.5, 0.6) is 0 Å². The normalized spacial score (nSPS) is 11.4. The van der Waals surface area contributed by atoms with Crippen molar-refractivity contribution in [1.82, 2.24) is 9.99 Å². The Morgan fingerprint density at radius 1 is 1.33 bits per heavy atom. The first-order valence-electron chi connectivity index (χ1n) is 6.24. The van der Waals surface area contributed by atoms with Crippen LogP contribution in [-0.2, 0) is 18.3 Å². The zero-order valence-corrected chi connectivity index (χ0v) is 12.5. The van der Waals surface area contributed by atoms with E-state index >= 15 is 0 Å². The van der Waals surface area contributed by atoms with Crippen LogP contribution >= 0.6 is 11.3 Å². The molecule has 0 bridgehead atoms. The minimum Gasteiger partial charge on any atom is -0.477 e. The van der Waals surface area contributed by atoms with Gasteiger partial charge in [0.2, 0.25) is 5.91 Å². The maximum Gasteiger partial charge on any atom is 0.345 e. The van der Waals surface area contributed by atoms with E-state index in [1.165, 1.54) is 6.07 Å². The minimum absolute atomic E-state index is 0.217. The number of hydrogen-bond acceptors (Lipinski definition) is 4. The Hall–Kier alpha value is -2.41. The van der Waals surface area contributed by atoms with Gasteiger partial charge in [0, 0.05) is 18.9 Å². The highest BCUT2D eigenvalue weighted by Crippen LogP contribution is 2.17. The van der Waals surface area contributed by atoms with Crippen LogP contribution in [0.4, 0.5) is 0 Å². The molecule has 0 aliphatic rings. The fraction of sp³-hybridized carbons (Fsp3) is 0.214. The van der Waals surface area contributed by atoms with Gasteiger partial charge in [-0.1, -0.05) is 0 Å². The second-order valence-corrected chi connectivity index (χ2v) is 5.57. The summed E-state index contributed by atoms with van der Waals surface area (Å²) >= 11 is 1.12. The summed E-state index contributed by atoms with van der Waals surface area (Å²) in [4.78, 5) is 23.6.